The van der Waals surface area contributed by atoms with E-state index >= 15 is 0 Å². The summed E-state index contributed by atoms with van der Waals surface area (Å²) in [5, 5.41) is 2.10. The molecule has 0 spiro atoms. The number of nitrogens with zero attached hydrogens (tertiary/aromatic N) is 1. The molecule has 1 aliphatic rings. The van der Waals surface area contributed by atoms with Crippen LogP contribution in [0.5, 0.6) is 0 Å². The lowest BCUT2D eigenvalue weighted by Gasteiger charge is -2.08. The number of Topliss-reactive ketones (excluding diaryl/α,β-unsaturated/α-hetero) is 1. The molecule has 0 bridgehead atoms. The maximum atomic E-state index is 11.7. The van der Waals surface area contributed by atoms with Gasteiger partial charge in [0.25, 0.3) is 0 Å². The summed E-state index contributed by atoms with van der Waals surface area (Å²) >= 11 is 9.22. The Morgan fingerprint density at radius 3 is 2.32 bits per heavy atom. The van der Waals surface area contributed by atoms with Crippen molar-refractivity contribution in [3.8, 4) is 0 Å². The summed E-state index contributed by atoms with van der Waals surface area (Å²) in [6.07, 6.45) is 8.00. The van der Waals surface area contributed by atoms with Gasteiger partial charge < -0.3 is 0 Å². The lowest BCUT2D eigenvalue weighted by Crippen LogP contribution is -2.03. The zero-order chi connectivity index (χ0) is 24.2. The summed E-state index contributed by atoms with van der Waals surface area (Å²) in [7, 11) is 0. The van der Waals surface area contributed by atoms with Gasteiger partial charge in [-0.05, 0) is 73.7 Å². The molecule has 0 radical (unpaired) electrons. The molecule has 2 heterocycles. The first-order valence-electron chi connectivity index (χ1n) is 11.0. The molecule has 0 atom stereocenters. The van der Waals surface area contributed by atoms with Crippen molar-refractivity contribution in [2.24, 2.45) is 4.99 Å². The summed E-state index contributed by atoms with van der Waals surface area (Å²) in [5.74, 6) is 1.11. The van der Waals surface area contributed by atoms with Crippen molar-refractivity contribution in [2.75, 3.05) is 18.3 Å². The highest BCUT2D eigenvalue weighted by molar-refractivity contribution is 7.99. The maximum Gasteiger partial charge on any atom is 0.159 e. The van der Waals surface area contributed by atoms with Crippen LogP contribution in [0, 0.1) is 6.92 Å². The van der Waals surface area contributed by atoms with E-state index in [0.29, 0.717) is 5.56 Å². The summed E-state index contributed by atoms with van der Waals surface area (Å²) in [6.45, 7) is 5.90. The summed E-state index contributed by atoms with van der Waals surface area (Å²) in [4.78, 5) is 20.2. The van der Waals surface area contributed by atoms with E-state index < -0.39 is 0 Å². The van der Waals surface area contributed by atoms with Crippen LogP contribution in [0.1, 0.15) is 66.9 Å². The number of ketones is 1. The van der Waals surface area contributed by atoms with Crippen molar-refractivity contribution in [1.29, 1.82) is 0 Å². The van der Waals surface area contributed by atoms with E-state index in [0.717, 1.165) is 27.6 Å². The molecule has 3 aromatic rings. The molecule has 2 aromatic carbocycles. The second-order valence-corrected chi connectivity index (χ2v) is 10.8. The largest absolute Gasteiger partial charge is 0.295 e. The van der Waals surface area contributed by atoms with Crippen LogP contribution in [0.4, 0.5) is 5.69 Å². The van der Waals surface area contributed by atoms with Crippen LogP contribution in [0.15, 0.2) is 68.7 Å². The Kier molecular flexibility index (Phi) is 14.6. The van der Waals surface area contributed by atoms with E-state index in [9.17, 15) is 4.79 Å². The Hall–Kier alpha value is -1.47. The molecule has 0 saturated heterocycles. The Morgan fingerprint density at radius 1 is 1.06 bits per heavy atom. The molecular formula is C28H37NOS4. The Morgan fingerprint density at radius 2 is 1.76 bits per heavy atom. The van der Waals surface area contributed by atoms with Gasteiger partial charge in [0.1, 0.15) is 0 Å². The van der Waals surface area contributed by atoms with Gasteiger partial charge in [0.15, 0.2) is 5.78 Å². The Bertz CT molecular complexity index is 1070. The van der Waals surface area contributed by atoms with E-state index in [1.807, 2.05) is 30.7 Å². The minimum atomic E-state index is 0. The Labute approximate surface area is 224 Å². The fraction of sp³-hybridized carbons (Fsp3) is 0.357. The lowest BCUT2D eigenvalue weighted by atomic mass is 10.1. The van der Waals surface area contributed by atoms with Gasteiger partial charge in [0.05, 0.1) is 16.3 Å². The topological polar surface area (TPSA) is 29.4 Å². The summed E-state index contributed by atoms with van der Waals surface area (Å²) in [5.41, 5.74) is 4.93. The quantitative estimate of drug-likeness (QED) is 0.158. The zero-order valence-corrected chi connectivity index (χ0v) is 23.4. The van der Waals surface area contributed by atoms with Crippen LogP contribution in [-0.2, 0) is 0 Å². The first-order valence-corrected chi connectivity index (χ1v) is 15.0. The number of carbonyl (C=O) groups excluding carboxylic acids is 1. The second-order valence-electron chi connectivity index (χ2n) is 7.57. The fourth-order valence-corrected chi connectivity index (χ4v) is 5.27. The van der Waals surface area contributed by atoms with Crippen molar-refractivity contribution in [3.63, 3.8) is 0 Å². The number of hydrogen-bond donors (Lipinski definition) is 1. The number of rotatable bonds is 5. The first-order chi connectivity index (χ1) is 16.0. The van der Waals surface area contributed by atoms with Crippen molar-refractivity contribution in [1.82, 2.24) is 0 Å². The maximum absolute atomic E-state index is 11.7. The summed E-state index contributed by atoms with van der Waals surface area (Å²) in [6, 6.07) is 16.3. The van der Waals surface area contributed by atoms with E-state index in [-0.39, 0.29) is 13.2 Å². The number of thiophene rings is 1. The fourth-order valence-electron chi connectivity index (χ4n) is 3.11. The smallest absolute Gasteiger partial charge is 0.159 e. The molecule has 34 heavy (non-hydrogen) atoms. The van der Waals surface area contributed by atoms with Crippen LogP contribution in [0.2, 0.25) is 0 Å². The normalized spacial score (nSPS) is 11.2. The minimum Gasteiger partial charge on any atom is -0.295 e. The van der Waals surface area contributed by atoms with Gasteiger partial charge in [-0.15, -0.1) is 11.3 Å². The van der Waals surface area contributed by atoms with Crippen LogP contribution < -0.4 is 0 Å². The van der Waals surface area contributed by atoms with Crippen molar-refractivity contribution >= 4 is 64.7 Å². The zero-order valence-electron chi connectivity index (χ0n) is 20.1. The number of fused-ring (bicyclic) bond motifs is 2. The highest BCUT2D eigenvalue weighted by atomic mass is 32.2. The van der Waals surface area contributed by atoms with Gasteiger partial charge >= 0.3 is 0 Å². The number of carbonyl (C=O) groups is 1. The summed E-state index contributed by atoms with van der Waals surface area (Å²) < 4.78 is 0. The number of aryl methyl sites for hydroxylation is 1. The van der Waals surface area contributed by atoms with Gasteiger partial charge in [-0.1, -0.05) is 63.2 Å². The third-order valence-corrected chi connectivity index (χ3v) is 7.28. The average molecular weight is 532 g/mol. The monoisotopic (exact) mass is 531 g/mol. The van der Waals surface area contributed by atoms with Crippen molar-refractivity contribution in [2.45, 2.75) is 57.3 Å². The molecule has 184 valence electrons. The van der Waals surface area contributed by atoms with Gasteiger partial charge in [0.2, 0.25) is 0 Å². The van der Waals surface area contributed by atoms with Crippen LogP contribution >= 0.6 is 47.5 Å². The highest BCUT2D eigenvalue weighted by Crippen LogP contribution is 2.42. The molecule has 0 N–H and O–H groups in total. The molecule has 1 aromatic heterocycles. The van der Waals surface area contributed by atoms with Crippen LogP contribution in [0.25, 0.3) is 0 Å². The molecule has 0 unspecified atom stereocenters. The predicted octanol–water partition coefficient (Wildman–Crippen LogP) is 9.61. The third kappa shape index (κ3) is 8.63. The number of unbranched alkanes of at least 4 members (excludes halogenated alkanes) is 2. The van der Waals surface area contributed by atoms with Crippen LogP contribution in [-0.4, -0.2) is 29.8 Å². The number of thiol groups is 1. The van der Waals surface area contributed by atoms with Gasteiger partial charge in [0, 0.05) is 20.9 Å². The highest BCUT2D eigenvalue weighted by Gasteiger charge is 2.21. The average Bonchev–Trinajstić information content (AvgIpc) is 3.16. The number of aliphatic imine (C=N–C) groups is 1. The number of thioether (sulfide) groups is 1. The van der Waals surface area contributed by atoms with E-state index in [4.69, 9.17) is 4.99 Å². The number of hydrogen-bond acceptors (Lipinski definition) is 6. The van der Waals surface area contributed by atoms with E-state index in [2.05, 4.69) is 62.2 Å². The molecule has 0 amide bonds. The molecule has 4 rings (SSSR count). The molecule has 0 saturated carbocycles. The van der Waals surface area contributed by atoms with Crippen LogP contribution in [0.3, 0.4) is 0 Å². The van der Waals surface area contributed by atoms with Gasteiger partial charge in [-0.3, -0.25) is 4.79 Å². The van der Waals surface area contributed by atoms with Crippen molar-refractivity contribution in [3.05, 3.63) is 75.5 Å². The molecule has 0 fully saturated rings. The minimum absolute atomic E-state index is 0. The van der Waals surface area contributed by atoms with E-state index in [1.165, 1.54) is 34.6 Å². The Balaban J connectivity index is 0.000000500. The standard InChI is InChI=1S/C20H15NOS2.C5H12S.C2H6S.CH4/c1-12-9-10-23-20(12)19-15-5-3-4-6-17(15)24-18-8-7-14(13(2)22)11-16(18)21-19;1-2-3-4-5-6;1-3-2;/h3-11H,1-2H3;6H,2-5H2,1H3;1-2H3;1H4. The molecule has 6 heteroatoms. The SMILES string of the molecule is C.CC(=O)c1ccc2c(c1)N=C(c1sccc1C)c1ccccc1S2.CCCCCS.CSC. The second kappa shape index (κ2) is 16.2. The van der Waals surface area contributed by atoms with E-state index in [1.54, 1.807) is 41.8 Å². The van der Waals surface area contributed by atoms with Crippen molar-refractivity contribution < 1.29 is 4.79 Å². The first kappa shape index (κ1) is 30.6. The number of benzene rings is 2. The lowest BCUT2D eigenvalue weighted by molar-refractivity contribution is 0.101. The molecule has 0 aliphatic carbocycles. The molecule has 2 nitrogen and oxygen atoms in total. The molecule has 1 aliphatic heterocycles. The third-order valence-electron chi connectivity index (χ3n) is 4.80. The van der Waals surface area contributed by atoms with Gasteiger partial charge in [-0.25, -0.2) is 4.99 Å². The van der Waals surface area contributed by atoms with Gasteiger partial charge in [-0.2, -0.15) is 24.4 Å². The molecular weight excluding hydrogens is 495 g/mol. The predicted molar refractivity (Wildman–Crippen MR) is 161 cm³/mol.